The number of carbonyl (C=O) groups is 4. The van der Waals surface area contributed by atoms with Crippen molar-refractivity contribution in [1.29, 1.82) is 0 Å². The largest absolute Gasteiger partial charge is 0.473 e. The van der Waals surface area contributed by atoms with Crippen molar-refractivity contribution in [2.75, 3.05) is 65.7 Å². The topological polar surface area (TPSA) is 143 Å². The van der Waals surface area contributed by atoms with Crippen molar-refractivity contribution in [2.24, 2.45) is 11.8 Å². The summed E-state index contributed by atoms with van der Waals surface area (Å²) in [5.74, 6) is -4.26. The highest BCUT2D eigenvalue weighted by Crippen LogP contribution is 2.28. The molecule has 0 radical (unpaired) electrons. The van der Waals surface area contributed by atoms with Crippen LogP contribution in [-0.4, -0.2) is 110 Å². The van der Waals surface area contributed by atoms with Gasteiger partial charge in [0.05, 0.1) is 6.61 Å². The van der Waals surface area contributed by atoms with Gasteiger partial charge >= 0.3 is 23.9 Å². The third kappa shape index (κ3) is 9.19. The molecule has 2 N–H and O–H groups in total. The van der Waals surface area contributed by atoms with E-state index in [1.165, 1.54) is 0 Å². The van der Waals surface area contributed by atoms with Crippen molar-refractivity contribution in [3.05, 3.63) is 0 Å². The number of aliphatic carboxylic acids is 1. The smallest absolute Gasteiger partial charge is 0.417 e. The van der Waals surface area contributed by atoms with Gasteiger partial charge in [0.15, 0.2) is 0 Å². The van der Waals surface area contributed by atoms with Gasteiger partial charge in [0.1, 0.15) is 13.2 Å². The summed E-state index contributed by atoms with van der Waals surface area (Å²) in [6, 6.07) is 0. The Morgan fingerprint density at radius 1 is 0.710 bits per heavy atom. The van der Waals surface area contributed by atoms with Gasteiger partial charge in [-0.3, -0.25) is 9.80 Å². The van der Waals surface area contributed by atoms with Gasteiger partial charge in [-0.05, 0) is 37.5 Å². The number of rotatable bonds is 9. The van der Waals surface area contributed by atoms with Crippen LogP contribution >= 0.6 is 0 Å². The van der Waals surface area contributed by atoms with Crippen LogP contribution < -0.4 is 0 Å². The molecule has 1 aliphatic carbocycles. The number of aliphatic hydroxyl groups is 1. The fourth-order valence-corrected chi connectivity index (χ4v) is 3.73. The molecule has 176 valence electrons. The molecule has 2 rings (SSSR count). The summed E-state index contributed by atoms with van der Waals surface area (Å²) in [5.41, 5.74) is 0. The molecule has 2 aliphatic rings. The van der Waals surface area contributed by atoms with Crippen molar-refractivity contribution < 1.29 is 43.6 Å². The number of hydrogen-bond acceptors (Lipinski definition) is 10. The standard InChI is InChI=1S/C20H32N2O9/c23-13-15-1-3-16(4-2-15)14-31-20(28)19(27)30-12-10-22-7-5-21(6-8-22)9-11-29-18(26)17(24)25/h15-16,23H,1-14H2,(H,24,25). The van der Waals surface area contributed by atoms with Crippen LogP contribution in [0.1, 0.15) is 25.7 Å². The number of hydrogen-bond donors (Lipinski definition) is 2. The molecule has 11 heteroatoms. The van der Waals surface area contributed by atoms with Gasteiger partial charge in [-0.25, -0.2) is 19.2 Å². The van der Waals surface area contributed by atoms with Crippen LogP contribution in [0.4, 0.5) is 0 Å². The molecule has 1 saturated carbocycles. The molecule has 0 amide bonds. The van der Waals surface area contributed by atoms with Crippen molar-refractivity contribution in [1.82, 2.24) is 9.80 Å². The molecular formula is C20H32N2O9. The van der Waals surface area contributed by atoms with Crippen molar-refractivity contribution >= 4 is 23.9 Å². The van der Waals surface area contributed by atoms with E-state index in [0.29, 0.717) is 45.2 Å². The van der Waals surface area contributed by atoms with Gasteiger partial charge in [0.25, 0.3) is 0 Å². The van der Waals surface area contributed by atoms with Crippen LogP contribution in [0.25, 0.3) is 0 Å². The average molecular weight is 444 g/mol. The highest BCUT2D eigenvalue weighted by atomic mass is 16.6. The highest BCUT2D eigenvalue weighted by molar-refractivity contribution is 6.29. The lowest BCUT2D eigenvalue weighted by atomic mass is 9.83. The van der Waals surface area contributed by atoms with E-state index in [4.69, 9.17) is 19.7 Å². The molecule has 0 aromatic heterocycles. The van der Waals surface area contributed by atoms with Gasteiger partial charge in [-0.2, -0.15) is 0 Å². The lowest BCUT2D eigenvalue weighted by molar-refractivity contribution is -0.169. The zero-order valence-electron chi connectivity index (χ0n) is 17.7. The summed E-state index contributed by atoms with van der Waals surface area (Å²) in [7, 11) is 0. The summed E-state index contributed by atoms with van der Waals surface area (Å²) >= 11 is 0. The quantitative estimate of drug-likeness (QED) is 0.260. The van der Waals surface area contributed by atoms with E-state index in [1.807, 2.05) is 4.90 Å². The van der Waals surface area contributed by atoms with Crippen LogP contribution in [0.15, 0.2) is 0 Å². The van der Waals surface area contributed by atoms with Gasteiger partial charge in [-0.1, -0.05) is 0 Å². The Bertz CT molecular complexity index is 612. The minimum atomic E-state index is -1.60. The number of carboxylic acid groups (broad SMARTS) is 1. The first-order valence-corrected chi connectivity index (χ1v) is 10.7. The number of esters is 3. The molecule has 0 atom stereocenters. The molecule has 2 fully saturated rings. The Kier molecular flexibility index (Phi) is 10.7. The molecule has 11 nitrogen and oxygen atoms in total. The van der Waals surface area contributed by atoms with Gasteiger partial charge < -0.3 is 24.4 Å². The zero-order chi connectivity index (χ0) is 22.6. The van der Waals surface area contributed by atoms with E-state index >= 15 is 0 Å². The Hall–Kier alpha value is -2.24. The van der Waals surface area contributed by atoms with Crippen molar-refractivity contribution in [3.63, 3.8) is 0 Å². The summed E-state index contributed by atoms with van der Waals surface area (Å²) in [6.45, 7) is 4.29. The highest BCUT2D eigenvalue weighted by Gasteiger charge is 2.24. The maximum atomic E-state index is 11.8. The minimum absolute atomic E-state index is 0.0216. The zero-order valence-corrected chi connectivity index (χ0v) is 17.7. The Labute approximate surface area is 181 Å². The van der Waals surface area contributed by atoms with Crippen LogP contribution in [0.2, 0.25) is 0 Å². The van der Waals surface area contributed by atoms with Gasteiger partial charge in [0.2, 0.25) is 0 Å². The third-order valence-electron chi connectivity index (χ3n) is 5.76. The Morgan fingerprint density at radius 2 is 1.16 bits per heavy atom. The number of nitrogens with zero attached hydrogens (tertiary/aromatic N) is 2. The summed E-state index contributed by atoms with van der Waals surface area (Å²) in [5, 5.41) is 17.6. The molecule has 31 heavy (non-hydrogen) atoms. The van der Waals surface area contributed by atoms with Crippen LogP contribution in [0.5, 0.6) is 0 Å². The van der Waals surface area contributed by atoms with E-state index in [9.17, 15) is 19.2 Å². The molecule has 0 unspecified atom stereocenters. The third-order valence-corrected chi connectivity index (χ3v) is 5.76. The molecular weight excluding hydrogens is 412 g/mol. The number of piperazine rings is 1. The number of ether oxygens (including phenoxy) is 3. The molecule has 0 aromatic rings. The first-order chi connectivity index (χ1) is 14.9. The summed E-state index contributed by atoms with van der Waals surface area (Å²) in [6.07, 6.45) is 3.57. The lowest BCUT2D eigenvalue weighted by Crippen LogP contribution is -2.48. The molecule has 0 aromatic carbocycles. The van der Waals surface area contributed by atoms with Gasteiger partial charge in [0, 0.05) is 45.9 Å². The Morgan fingerprint density at radius 3 is 1.65 bits per heavy atom. The first-order valence-electron chi connectivity index (χ1n) is 10.7. The molecule has 1 heterocycles. The fraction of sp³-hybridized carbons (Fsp3) is 0.800. The van der Waals surface area contributed by atoms with Crippen LogP contribution in [0, 0.1) is 11.8 Å². The van der Waals surface area contributed by atoms with Crippen molar-refractivity contribution in [2.45, 2.75) is 25.7 Å². The van der Waals surface area contributed by atoms with E-state index in [0.717, 1.165) is 25.7 Å². The predicted octanol–water partition coefficient (Wildman–Crippen LogP) is -0.883. The Balaban J connectivity index is 1.51. The van der Waals surface area contributed by atoms with Crippen LogP contribution in [0.3, 0.4) is 0 Å². The second-order valence-electron chi connectivity index (χ2n) is 7.93. The summed E-state index contributed by atoms with van der Waals surface area (Å²) in [4.78, 5) is 49.0. The van der Waals surface area contributed by atoms with E-state index in [-0.39, 0.29) is 32.3 Å². The van der Waals surface area contributed by atoms with E-state index in [2.05, 4.69) is 9.64 Å². The average Bonchev–Trinajstić information content (AvgIpc) is 2.78. The maximum absolute atomic E-state index is 11.8. The second-order valence-corrected chi connectivity index (χ2v) is 7.93. The SMILES string of the molecule is O=C(O)C(=O)OCCN1CCN(CCOC(=O)C(=O)OCC2CCC(CO)CC2)CC1. The van der Waals surface area contributed by atoms with E-state index in [1.54, 1.807) is 0 Å². The predicted molar refractivity (Wildman–Crippen MR) is 106 cm³/mol. The van der Waals surface area contributed by atoms with Crippen molar-refractivity contribution in [3.8, 4) is 0 Å². The molecule has 1 saturated heterocycles. The fourth-order valence-electron chi connectivity index (χ4n) is 3.73. The minimum Gasteiger partial charge on any atom is -0.473 e. The number of carbonyl (C=O) groups excluding carboxylic acids is 3. The van der Waals surface area contributed by atoms with Crippen LogP contribution in [-0.2, 0) is 33.4 Å². The van der Waals surface area contributed by atoms with E-state index < -0.39 is 23.9 Å². The second kappa shape index (κ2) is 13.2. The molecule has 0 spiro atoms. The van der Waals surface area contributed by atoms with Gasteiger partial charge in [-0.15, -0.1) is 0 Å². The lowest BCUT2D eigenvalue weighted by Gasteiger charge is -2.34. The number of aliphatic hydroxyl groups excluding tert-OH is 1. The summed E-state index contributed by atoms with van der Waals surface area (Å²) < 4.78 is 14.7. The monoisotopic (exact) mass is 444 g/mol. The number of carboxylic acids is 1. The maximum Gasteiger partial charge on any atom is 0.417 e. The normalized spacial score (nSPS) is 22.5. The first kappa shape index (κ1) is 25.0. The molecule has 0 bridgehead atoms. The molecule has 1 aliphatic heterocycles.